The molecule has 1 heterocycles. The minimum atomic E-state index is -1.02. The molecule has 0 saturated carbocycles. The molecule has 7 nitrogen and oxygen atoms in total. The Morgan fingerprint density at radius 1 is 1.32 bits per heavy atom. The molecule has 0 unspecified atom stereocenters. The van der Waals surface area contributed by atoms with Gasteiger partial charge in [0.1, 0.15) is 11.3 Å². The van der Waals surface area contributed by atoms with Crippen molar-refractivity contribution < 1.29 is 23.5 Å². The Kier molecular flexibility index (Phi) is 4.45. The van der Waals surface area contributed by atoms with Crippen molar-refractivity contribution in [3.05, 3.63) is 40.2 Å². The number of primary amides is 1. The van der Waals surface area contributed by atoms with Gasteiger partial charge in [-0.25, -0.2) is 9.59 Å². The van der Waals surface area contributed by atoms with Gasteiger partial charge in [0.05, 0.1) is 0 Å². The van der Waals surface area contributed by atoms with E-state index in [0.29, 0.717) is 11.3 Å². The number of esters is 1. The zero-order chi connectivity index (χ0) is 16.3. The maximum absolute atomic E-state index is 11.5. The second-order valence-corrected chi connectivity index (χ2v) is 4.73. The molecule has 2 aromatic rings. The molecule has 0 spiro atoms. The number of hydrogen-bond donors (Lipinski definition) is 1. The molecule has 7 heteroatoms. The van der Waals surface area contributed by atoms with Crippen molar-refractivity contribution in [1.82, 2.24) is 0 Å². The molecule has 0 saturated heterocycles. The number of fused-ring (bicyclic) bond motifs is 1. The average Bonchev–Trinajstić information content (AvgIpc) is 2.44. The van der Waals surface area contributed by atoms with Crippen molar-refractivity contribution in [2.45, 2.75) is 20.0 Å². The van der Waals surface area contributed by atoms with Crippen LogP contribution in [0.2, 0.25) is 0 Å². The molecule has 0 radical (unpaired) electrons. The van der Waals surface area contributed by atoms with Gasteiger partial charge in [0.2, 0.25) is 0 Å². The van der Waals surface area contributed by atoms with E-state index >= 15 is 0 Å². The number of rotatable bonds is 5. The van der Waals surface area contributed by atoms with Crippen LogP contribution in [0, 0.1) is 6.92 Å². The highest BCUT2D eigenvalue weighted by Crippen LogP contribution is 2.22. The number of benzene rings is 1. The number of ether oxygens (including phenoxy) is 2. The van der Waals surface area contributed by atoms with Gasteiger partial charge in [-0.1, -0.05) is 0 Å². The first-order valence-electron chi connectivity index (χ1n) is 6.53. The Bertz CT molecular complexity index is 779. The summed E-state index contributed by atoms with van der Waals surface area (Å²) in [6.07, 6.45) is -1.02. The van der Waals surface area contributed by atoms with Gasteiger partial charge in [0.25, 0.3) is 5.91 Å². The highest BCUT2D eigenvalue weighted by Gasteiger charge is 2.15. The second-order valence-electron chi connectivity index (χ2n) is 4.73. The molecule has 2 rings (SSSR count). The van der Waals surface area contributed by atoms with Gasteiger partial charge >= 0.3 is 11.6 Å². The molecule has 1 aromatic carbocycles. The van der Waals surface area contributed by atoms with Crippen LogP contribution in [0.1, 0.15) is 12.5 Å². The van der Waals surface area contributed by atoms with Gasteiger partial charge in [-0.15, -0.1) is 0 Å². The molecule has 0 aliphatic heterocycles. The summed E-state index contributed by atoms with van der Waals surface area (Å²) in [7, 11) is 0. The van der Waals surface area contributed by atoms with Gasteiger partial charge in [-0.2, -0.15) is 0 Å². The Morgan fingerprint density at radius 3 is 2.73 bits per heavy atom. The van der Waals surface area contributed by atoms with E-state index in [1.54, 1.807) is 19.1 Å². The first-order valence-corrected chi connectivity index (χ1v) is 6.53. The zero-order valence-corrected chi connectivity index (χ0v) is 12.1. The molecule has 0 bridgehead atoms. The second kappa shape index (κ2) is 6.30. The van der Waals surface area contributed by atoms with Crippen molar-refractivity contribution in [2.24, 2.45) is 5.73 Å². The molecule has 0 aliphatic carbocycles. The minimum absolute atomic E-state index is 0.338. The number of carbonyl (C=O) groups excluding carboxylic acids is 2. The number of nitrogens with two attached hydrogens (primary N) is 1. The van der Waals surface area contributed by atoms with Crippen molar-refractivity contribution in [2.75, 3.05) is 6.61 Å². The summed E-state index contributed by atoms with van der Waals surface area (Å²) in [6.45, 7) is 2.77. The maximum atomic E-state index is 11.5. The fraction of sp³-hybridized carbons (Fsp3) is 0.267. The molecular formula is C15H15NO6. The Hall–Kier alpha value is -2.83. The molecule has 1 aromatic heterocycles. The Labute approximate surface area is 125 Å². The smallest absolute Gasteiger partial charge is 0.344 e. The van der Waals surface area contributed by atoms with Crippen LogP contribution in [-0.2, 0) is 14.3 Å². The van der Waals surface area contributed by atoms with Crippen LogP contribution in [0.3, 0.4) is 0 Å². The highest BCUT2D eigenvalue weighted by molar-refractivity contribution is 5.83. The van der Waals surface area contributed by atoms with Crippen LogP contribution in [0.4, 0.5) is 0 Å². The van der Waals surface area contributed by atoms with Gasteiger partial charge in [0.15, 0.2) is 12.7 Å². The third-order valence-electron chi connectivity index (χ3n) is 2.99. The molecule has 2 N–H and O–H groups in total. The van der Waals surface area contributed by atoms with E-state index < -0.39 is 23.6 Å². The van der Waals surface area contributed by atoms with Crippen molar-refractivity contribution in [1.29, 1.82) is 0 Å². The molecule has 0 fully saturated rings. The predicted molar refractivity (Wildman–Crippen MR) is 77.5 cm³/mol. The van der Waals surface area contributed by atoms with Crippen molar-refractivity contribution in [3.63, 3.8) is 0 Å². The highest BCUT2D eigenvalue weighted by atomic mass is 16.6. The van der Waals surface area contributed by atoms with Gasteiger partial charge in [0, 0.05) is 17.5 Å². The van der Waals surface area contributed by atoms with E-state index in [-0.39, 0.29) is 6.61 Å². The first-order chi connectivity index (χ1) is 10.4. The van der Waals surface area contributed by atoms with Crippen LogP contribution in [-0.4, -0.2) is 24.6 Å². The Morgan fingerprint density at radius 2 is 2.05 bits per heavy atom. The number of amides is 1. The van der Waals surface area contributed by atoms with E-state index in [9.17, 15) is 14.4 Å². The van der Waals surface area contributed by atoms with Crippen LogP contribution >= 0.6 is 0 Å². The summed E-state index contributed by atoms with van der Waals surface area (Å²) in [5.74, 6) is -1.13. The summed E-state index contributed by atoms with van der Waals surface area (Å²) in [5.41, 5.74) is 5.67. The quantitative estimate of drug-likeness (QED) is 0.649. The third kappa shape index (κ3) is 3.63. The summed E-state index contributed by atoms with van der Waals surface area (Å²) in [4.78, 5) is 33.6. The fourth-order valence-electron chi connectivity index (χ4n) is 1.83. The summed E-state index contributed by atoms with van der Waals surface area (Å²) in [5, 5.41) is 0.775. The monoisotopic (exact) mass is 305 g/mol. The largest absolute Gasteiger partial charge is 0.482 e. The lowest BCUT2D eigenvalue weighted by molar-refractivity contribution is -0.155. The lowest BCUT2D eigenvalue weighted by Gasteiger charge is -2.10. The van der Waals surface area contributed by atoms with E-state index in [2.05, 4.69) is 0 Å². The van der Waals surface area contributed by atoms with Crippen molar-refractivity contribution in [3.8, 4) is 5.75 Å². The normalized spacial score (nSPS) is 11.9. The number of hydrogen-bond acceptors (Lipinski definition) is 6. The van der Waals surface area contributed by atoms with Gasteiger partial charge in [-0.05, 0) is 31.5 Å². The van der Waals surface area contributed by atoms with Crippen LogP contribution < -0.4 is 16.1 Å². The lowest BCUT2D eigenvalue weighted by Crippen LogP contribution is -2.32. The van der Waals surface area contributed by atoms with Gasteiger partial charge in [-0.3, -0.25) is 4.79 Å². The fourth-order valence-corrected chi connectivity index (χ4v) is 1.83. The van der Waals surface area contributed by atoms with E-state index in [0.717, 1.165) is 10.9 Å². The summed E-state index contributed by atoms with van der Waals surface area (Å²) >= 11 is 0. The molecule has 0 aliphatic rings. The van der Waals surface area contributed by atoms with Crippen LogP contribution in [0.15, 0.2) is 33.5 Å². The van der Waals surface area contributed by atoms with Crippen LogP contribution in [0.25, 0.3) is 11.0 Å². The maximum Gasteiger partial charge on any atom is 0.344 e. The molecule has 116 valence electrons. The molecule has 1 amide bonds. The molecule has 1 atom stereocenters. The van der Waals surface area contributed by atoms with Crippen LogP contribution in [0.5, 0.6) is 5.75 Å². The van der Waals surface area contributed by atoms with E-state index in [4.69, 9.17) is 19.6 Å². The van der Waals surface area contributed by atoms with E-state index in [1.165, 1.54) is 19.1 Å². The summed E-state index contributed by atoms with van der Waals surface area (Å²) in [6, 6.07) is 6.26. The van der Waals surface area contributed by atoms with E-state index in [1.807, 2.05) is 0 Å². The standard InChI is InChI=1S/C15H15NO6/c1-8-5-13(17)22-12-6-10(3-4-11(8)12)20-7-14(18)21-9(2)15(16)19/h3-6,9H,7H2,1-2H3,(H2,16,19)/t9-/m0/s1. The SMILES string of the molecule is Cc1cc(=O)oc2cc(OCC(=O)O[C@@H](C)C(N)=O)ccc12. The number of carbonyl (C=O) groups is 2. The topological polar surface area (TPSA) is 109 Å². The molecule has 22 heavy (non-hydrogen) atoms. The predicted octanol–water partition coefficient (Wildman–Crippen LogP) is 0.897. The first kappa shape index (κ1) is 15.6. The Balaban J connectivity index is 2.08. The third-order valence-corrected chi connectivity index (χ3v) is 2.99. The minimum Gasteiger partial charge on any atom is -0.482 e. The zero-order valence-electron chi connectivity index (χ0n) is 12.1. The number of aryl methyl sites for hydroxylation is 1. The van der Waals surface area contributed by atoms with Gasteiger partial charge < -0.3 is 19.6 Å². The van der Waals surface area contributed by atoms with Crippen molar-refractivity contribution >= 4 is 22.8 Å². The summed E-state index contributed by atoms with van der Waals surface area (Å²) < 4.78 is 15.1. The molecular weight excluding hydrogens is 290 g/mol. The lowest BCUT2D eigenvalue weighted by atomic mass is 10.1. The average molecular weight is 305 g/mol.